The molecular weight excluding hydrogens is 265 g/mol. The first-order chi connectivity index (χ1) is 7.76. The van der Waals surface area contributed by atoms with Crippen molar-refractivity contribution in [2.75, 3.05) is 0 Å². The van der Waals surface area contributed by atoms with Gasteiger partial charge in [0.2, 0.25) is 5.89 Å². The van der Waals surface area contributed by atoms with Crippen LogP contribution in [0, 0.1) is 19.3 Å². The first kappa shape index (κ1) is 12.7. The van der Waals surface area contributed by atoms with E-state index < -0.39 is 15.7 Å². The number of halogens is 2. The van der Waals surface area contributed by atoms with E-state index in [-0.39, 0.29) is 6.61 Å². The summed E-state index contributed by atoms with van der Waals surface area (Å²) in [5.74, 6) is 0.682. The van der Waals surface area contributed by atoms with E-state index in [2.05, 4.69) is 4.98 Å². The van der Waals surface area contributed by atoms with Crippen LogP contribution in [0.5, 0.6) is 0 Å². The first-order valence-electron chi connectivity index (χ1n) is 5.24. The molecule has 0 amide bonds. The average Bonchev–Trinajstić information content (AvgIpc) is 2.58. The van der Waals surface area contributed by atoms with Gasteiger partial charge in [-0.1, -0.05) is 0 Å². The van der Waals surface area contributed by atoms with Gasteiger partial charge in [0, 0.05) is 6.42 Å². The van der Waals surface area contributed by atoms with Gasteiger partial charge in [-0.3, -0.25) is 4.79 Å². The molecule has 1 fully saturated rings. The van der Waals surface area contributed by atoms with E-state index in [1.165, 1.54) is 0 Å². The number of ether oxygens (including phenoxy) is 1. The molecule has 1 unspecified atom stereocenters. The molecule has 0 aromatic carbocycles. The van der Waals surface area contributed by atoms with Gasteiger partial charge < -0.3 is 9.15 Å². The molecule has 0 spiro atoms. The Balaban J connectivity index is 1.94. The van der Waals surface area contributed by atoms with Crippen molar-refractivity contribution < 1.29 is 13.9 Å². The van der Waals surface area contributed by atoms with E-state index in [9.17, 15) is 4.79 Å². The number of carbonyl (C=O) groups excluding carboxylic acids is 1. The molecule has 1 aromatic heterocycles. The van der Waals surface area contributed by atoms with E-state index in [4.69, 9.17) is 32.4 Å². The van der Waals surface area contributed by atoms with Crippen molar-refractivity contribution >= 4 is 29.2 Å². The zero-order valence-corrected chi connectivity index (χ0v) is 11.4. The minimum absolute atomic E-state index is 0.00691. The highest BCUT2D eigenvalue weighted by Gasteiger charge is 2.69. The summed E-state index contributed by atoms with van der Waals surface area (Å²) < 4.78 is 9.38. The molecule has 1 heterocycles. The van der Waals surface area contributed by atoms with Crippen molar-refractivity contribution in [2.45, 2.75) is 38.1 Å². The minimum atomic E-state index is -1.01. The van der Waals surface area contributed by atoms with Crippen molar-refractivity contribution in [3.8, 4) is 0 Å². The van der Waals surface area contributed by atoms with Crippen molar-refractivity contribution in [2.24, 2.45) is 5.41 Å². The maximum Gasteiger partial charge on any atom is 0.315 e. The van der Waals surface area contributed by atoms with E-state index in [0.29, 0.717) is 12.3 Å². The second-order valence-electron chi connectivity index (χ2n) is 4.54. The molecule has 0 N–H and O–H groups in total. The molecule has 1 saturated carbocycles. The number of alkyl halides is 2. The van der Waals surface area contributed by atoms with Crippen molar-refractivity contribution in [3.05, 3.63) is 17.3 Å². The summed E-state index contributed by atoms with van der Waals surface area (Å²) in [6.45, 7) is 5.32. The molecule has 94 valence electrons. The van der Waals surface area contributed by atoms with Crippen LogP contribution < -0.4 is 0 Å². The summed E-state index contributed by atoms with van der Waals surface area (Å²) in [4.78, 5) is 15.9. The fourth-order valence-corrected chi connectivity index (χ4v) is 2.20. The minimum Gasteiger partial charge on any atom is -0.455 e. The maximum atomic E-state index is 11.7. The van der Waals surface area contributed by atoms with E-state index >= 15 is 0 Å². The van der Waals surface area contributed by atoms with Crippen LogP contribution in [0.25, 0.3) is 0 Å². The number of oxazole rings is 1. The highest BCUT2D eigenvalue weighted by molar-refractivity contribution is 6.53. The Morgan fingerprint density at radius 3 is 2.53 bits per heavy atom. The van der Waals surface area contributed by atoms with Crippen LogP contribution >= 0.6 is 23.2 Å². The maximum absolute atomic E-state index is 11.7. The van der Waals surface area contributed by atoms with Crippen LogP contribution in [0.1, 0.15) is 30.7 Å². The lowest BCUT2D eigenvalue weighted by molar-refractivity contribution is -0.151. The lowest BCUT2D eigenvalue weighted by Gasteiger charge is -2.10. The molecule has 1 aliphatic rings. The van der Waals surface area contributed by atoms with Gasteiger partial charge in [-0.15, -0.1) is 23.2 Å². The van der Waals surface area contributed by atoms with Crippen molar-refractivity contribution in [1.29, 1.82) is 0 Å². The van der Waals surface area contributed by atoms with Gasteiger partial charge in [-0.25, -0.2) is 4.98 Å². The van der Waals surface area contributed by atoms with Gasteiger partial charge >= 0.3 is 5.97 Å². The van der Waals surface area contributed by atoms with Gasteiger partial charge in [-0.05, 0) is 20.8 Å². The Kier molecular flexibility index (Phi) is 2.91. The Hall–Kier alpha value is -0.740. The molecular formula is C11H13Cl2NO3. The van der Waals surface area contributed by atoms with Crippen LogP contribution in [-0.2, 0) is 16.1 Å². The SMILES string of the molecule is Cc1nc(COC(=O)C2(C)CC2(Cl)Cl)oc1C. The van der Waals surface area contributed by atoms with Crippen LogP contribution in [0.2, 0.25) is 0 Å². The van der Waals surface area contributed by atoms with Crippen LogP contribution in [-0.4, -0.2) is 15.3 Å². The van der Waals surface area contributed by atoms with Crippen molar-refractivity contribution in [1.82, 2.24) is 4.98 Å². The van der Waals surface area contributed by atoms with Crippen molar-refractivity contribution in [3.63, 3.8) is 0 Å². The molecule has 0 bridgehead atoms. The Bertz CT molecular complexity index is 450. The topological polar surface area (TPSA) is 52.3 Å². The fraction of sp³-hybridized carbons (Fsp3) is 0.636. The number of aryl methyl sites for hydroxylation is 2. The number of rotatable bonds is 3. The number of esters is 1. The molecule has 2 rings (SSSR count). The Labute approximate surface area is 109 Å². The quantitative estimate of drug-likeness (QED) is 0.630. The van der Waals surface area contributed by atoms with Crippen LogP contribution in [0.4, 0.5) is 0 Å². The largest absolute Gasteiger partial charge is 0.455 e. The molecule has 0 aliphatic heterocycles. The third-order valence-corrected chi connectivity index (χ3v) is 4.21. The van der Waals surface area contributed by atoms with Gasteiger partial charge in [0.1, 0.15) is 15.5 Å². The third-order valence-electron chi connectivity index (χ3n) is 3.11. The molecule has 1 aromatic rings. The monoisotopic (exact) mass is 277 g/mol. The molecule has 0 saturated heterocycles. The van der Waals surface area contributed by atoms with E-state index in [1.807, 2.05) is 6.92 Å². The number of nitrogens with zero attached hydrogens (tertiary/aromatic N) is 1. The zero-order valence-electron chi connectivity index (χ0n) is 9.84. The average molecular weight is 278 g/mol. The van der Waals surface area contributed by atoms with E-state index in [1.54, 1.807) is 13.8 Å². The number of aromatic nitrogens is 1. The van der Waals surface area contributed by atoms with Gasteiger partial charge in [0.25, 0.3) is 0 Å². The molecule has 6 heteroatoms. The van der Waals surface area contributed by atoms with Crippen LogP contribution in [0.3, 0.4) is 0 Å². The standard InChI is InChI=1S/C11H13Cl2NO3/c1-6-7(2)17-8(14-6)4-16-9(15)10(3)5-11(10,12)13/h4-5H2,1-3H3. The van der Waals surface area contributed by atoms with Gasteiger partial charge in [0.05, 0.1) is 5.69 Å². The van der Waals surface area contributed by atoms with Crippen LogP contribution in [0.15, 0.2) is 4.42 Å². The lowest BCUT2D eigenvalue weighted by atomic mass is 10.1. The number of hydrogen-bond acceptors (Lipinski definition) is 4. The fourth-order valence-electron chi connectivity index (χ4n) is 1.51. The lowest BCUT2D eigenvalue weighted by Crippen LogP contribution is -2.21. The molecule has 1 atom stereocenters. The summed E-state index contributed by atoms with van der Waals surface area (Å²) in [7, 11) is 0. The predicted octanol–water partition coefficient (Wildman–Crippen LogP) is 2.92. The summed E-state index contributed by atoms with van der Waals surface area (Å²) >= 11 is 11.8. The normalized spacial score (nSPS) is 25.7. The summed E-state index contributed by atoms with van der Waals surface area (Å²) in [6, 6.07) is 0. The summed E-state index contributed by atoms with van der Waals surface area (Å²) in [6.07, 6.45) is 0.408. The Morgan fingerprint density at radius 1 is 1.53 bits per heavy atom. The summed E-state index contributed by atoms with van der Waals surface area (Å²) in [5, 5.41) is 0. The number of carbonyl (C=O) groups is 1. The molecule has 17 heavy (non-hydrogen) atoms. The first-order valence-corrected chi connectivity index (χ1v) is 6.00. The highest BCUT2D eigenvalue weighted by Crippen LogP contribution is 2.64. The number of hydrogen-bond donors (Lipinski definition) is 0. The molecule has 0 radical (unpaired) electrons. The van der Waals surface area contributed by atoms with E-state index in [0.717, 1.165) is 11.5 Å². The van der Waals surface area contributed by atoms with Gasteiger partial charge in [-0.2, -0.15) is 0 Å². The van der Waals surface area contributed by atoms with Gasteiger partial charge in [0.15, 0.2) is 6.61 Å². The summed E-state index contributed by atoms with van der Waals surface area (Å²) in [5.41, 5.74) is -0.0232. The zero-order chi connectivity index (χ0) is 12.8. The Morgan fingerprint density at radius 2 is 2.12 bits per heavy atom. The second kappa shape index (κ2) is 3.89. The second-order valence-corrected chi connectivity index (χ2v) is 6.02. The smallest absolute Gasteiger partial charge is 0.315 e. The highest BCUT2D eigenvalue weighted by atomic mass is 35.5. The molecule has 1 aliphatic carbocycles. The molecule has 4 nitrogen and oxygen atoms in total. The predicted molar refractivity (Wildman–Crippen MR) is 62.9 cm³/mol. The third kappa shape index (κ3) is 2.16.